The van der Waals surface area contributed by atoms with Crippen molar-refractivity contribution in [1.82, 2.24) is 0 Å². The van der Waals surface area contributed by atoms with Crippen LogP contribution in [0.15, 0.2) is 27.1 Å². The fourth-order valence-corrected chi connectivity index (χ4v) is 2.00. The van der Waals surface area contributed by atoms with Crippen LogP contribution in [-0.4, -0.2) is 4.86 Å². The van der Waals surface area contributed by atoms with Crippen molar-refractivity contribution in [2.45, 2.75) is 6.92 Å². The molecule has 0 unspecified atom stereocenters. The van der Waals surface area contributed by atoms with Gasteiger partial charge in [0.25, 0.3) is 0 Å². The van der Waals surface area contributed by atoms with E-state index in [-0.39, 0.29) is 0 Å². The van der Waals surface area contributed by atoms with E-state index in [1.54, 1.807) is 0 Å². The summed E-state index contributed by atoms with van der Waals surface area (Å²) in [5.41, 5.74) is 1.08. The van der Waals surface area contributed by atoms with E-state index < -0.39 is 0 Å². The van der Waals surface area contributed by atoms with Crippen molar-refractivity contribution in [2.75, 3.05) is 0 Å². The first-order valence-electron chi connectivity index (χ1n) is 3.08. The van der Waals surface area contributed by atoms with Crippen LogP contribution in [0.25, 0.3) is 0 Å². The Morgan fingerprint density at radius 2 is 2.00 bits per heavy atom. The maximum absolute atomic E-state index is 5.06. The van der Waals surface area contributed by atoms with Gasteiger partial charge in [0.05, 0.1) is 0 Å². The van der Waals surface area contributed by atoms with Gasteiger partial charge in [-0.25, -0.2) is 0 Å². The summed E-state index contributed by atoms with van der Waals surface area (Å²) in [7, 11) is 0. The van der Waals surface area contributed by atoms with Gasteiger partial charge in [0, 0.05) is 19.4 Å². The number of benzene rings is 1. The fraction of sp³-hybridized carbons (Fsp3) is 0.125. The number of hydrogen-bond donors (Lipinski definition) is 0. The van der Waals surface area contributed by atoms with E-state index in [4.69, 9.17) is 12.2 Å². The molecule has 0 bridgehead atoms. The molecule has 11 heavy (non-hydrogen) atoms. The summed E-state index contributed by atoms with van der Waals surface area (Å²) in [4.78, 5) is 0.901. The van der Waals surface area contributed by atoms with Crippen LogP contribution >= 0.6 is 44.1 Å². The van der Waals surface area contributed by atoms with Crippen LogP contribution in [0.3, 0.4) is 0 Å². The predicted octanol–water partition coefficient (Wildman–Crippen LogP) is 3.95. The number of rotatable bonds is 1. The molecule has 0 amide bonds. The molecule has 0 aliphatic rings. The molecular formula is C8H6Br2S. The standard InChI is InChI=1S/C8H6Br2S/c1-5(11)6-3-2-4-7(9)8(6)10/h2-4H,1H3. The van der Waals surface area contributed by atoms with Gasteiger partial charge >= 0.3 is 0 Å². The smallest absolute Gasteiger partial charge is 0.0400 e. The molecule has 58 valence electrons. The van der Waals surface area contributed by atoms with E-state index in [0.29, 0.717) is 0 Å². The first-order valence-corrected chi connectivity index (χ1v) is 5.07. The summed E-state index contributed by atoms with van der Waals surface area (Å²) in [6.07, 6.45) is 0. The van der Waals surface area contributed by atoms with Crippen molar-refractivity contribution in [3.05, 3.63) is 32.7 Å². The third kappa shape index (κ3) is 2.10. The second-order valence-electron chi connectivity index (χ2n) is 2.16. The van der Waals surface area contributed by atoms with Gasteiger partial charge in [-0.3, -0.25) is 0 Å². The lowest BCUT2D eigenvalue weighted by Gasteiger charge is -2.02. The van der Waals surface area contributed by atoms with E-state index in [1.807, 2.05) is 25.1 Å². The molecule has 0 atom stereocenters. The minimum absolute atomic E-state index is 0.901. The molecule has 0 spiro atoms. The van der Waals surface area contributed by atoms with E-state index in [9.17, 15) is 0 Å². The second-order valence-corrected chi connectivity index (χ2v) is 4.42. The summed E-state index contributed by atoms with van der Waals surface area (Å²) >= 11 is 11.9. The fourth-order valence-electron chi connectivity index (χ4n) is 0.776. The molecule has 0 aromatic heterocycles. The number of hydrogen-bond acceptors (Lipinski definition) is 1. The van der Waals surface area contributed by atoms with Crippen LogP contribution in [0, 0.1) is 0 Å². The molecule has 0 nitrogen and oxygen atoms in total. The average Bonchev–Trinajstić information content (AvgIpc) is 1.94. The largest absolute Gasteiger partial charge is 0.0845 e. The van der Waals surface area contributed by atoms with Crippen molar-refractivity contribution < 1.29 is 0 Å². The Hall–Kier alpha value is 0.270. The van der Waals surface area contributed by atoms with Gasteiger partial charge in [-0.05, 0) is 44.8 Å². The zero-order chi connectivity index (χ0) is 8.43. The third-order valence-electron chi connectivity index (χ3n) is 1.33. The minimum atomic E-state index is 0.901. The van der Waals surface area contributed by atoms with Crippen molar-refractivity contribution >= 4 is 48.9 Å². The van der Waals surface area contributed by atoms with Gasteiger partial charge in [-0.1, -0.05) is 24.4 Å². The molecule has 0 saturated heterocycles. The highest BCUT2D eigenvalue weighted by Crippen LogP contribution is 2.26. The van der Waals surface area contributed by atoms with Crippen LogP contribution in [0.4, 0.5) is 0 Å². The minimum Gasteiger partial charge on any atom is -0.0845 e. The second kappa shape index (κ2) is 3.78. The van der Waals surface area contributed by atoms with Crippen LogP contribution < -0.4 is 0 Å². The van der Waals surface area contributed by atoms with Crippen LogP contribution in [0.1, 0.15) is 12.5 Å². The van der Waals surface area contributed by atoms with Gasteiger partial charge in [-0.15, -0.1) is 0 Å². The highest BCUT2D eigenvalue weighted by Gasteiger charge is 2.03. The van der Waals surface area contributed by atoms with Crippen LogP contribution in [0.5, 0.6) is 0 Å². The van der Waals surface area contributed by atoms with Gasteiger partial charge < -0.3 is 0 Å². The Kier molecular flexibility index (Phi) is 3.22. The highest BCUT2D eigenvalue weighted by molar-refractivity contribution is 9.13. The van der Waals surface area contributed by atoms with Gasteiger partial charge in [0.2, 0.25) is 0 Å². The van der Waals surface area contributed by atoms with Crippen LogP contribution in [-0.2, 0) is 0 Å². The molecule has 0 aliphatic heterocycles. The summed E-state index contributed by atoms with van der Waals surface area (Å²) in [6, 6.07) is 5.95. The third-order valence-corrected chi connectivity index (χ3v) is 3.60. The Labute approximate surface area is 88.3 Å². The number of thiocarbonyl (C=S) groups is 1. The molecule has 0 heterocycles. The molecule has 0 aliphatic carbocycles. The highest BCUT2D eigenvalue weighted by atomic mass is 79.9. The van der Waals surface area contributed by atoms with Gasteiger partial charge in [-0.2, -0.15) is 0 Å². The molecule has 1 aromatic carbocycles. The van der Waals surface area contributed by atoms with Crippen molar-refractivity contribution in [1.29, 1.82) is 0 Å². The van der Waals surface area contributed by atoms with E-state index >= 15 is 0 Å². The van der Waals surface area contributed by atoms with Gasteiger partial charge in [0.1, 0.15) is 0 Å². The molecule has 1 aromatic rings. The molecule has 0 N–H and O–H groups in total. The molecule has 1 rings (SSSR count). The Morgan fingerprint density at radius 1 is 1.36 bits per heavy atom. The topological polar surface area (TPSA) is 0 Å². The lowest BCUT2D eigenvalue weighted by atomic mass is 10.2. The average molecular weight is 294 g/mol. The molecule has 0 fully saturated rings. The van der Waals surface area contributed by atoms with E-state index in [0.717, 1.165) is 19.4 Å². The Morgan fingerprint density at radius 3 is 2.45 bits per heavy atom. The predicted molar refractivity (Wildman–Crippen MR) is 59.2 cm³/mol. The molecule has 0 radical (unpaired) electrons. The number of halogens is 2. The van der Waals surface area contributed by atoms with Crippen LogP contribution in [0.2, 0.25) is 0 Å². The maximum Gasteiger partial charge on any atom is 0.0400 e. The Balaban J connectivity index is 3.27. The summed E-state index contributed by atoms with van der Waals surface area (Å²) < 4.78 is 2.08. The quantitative estimate of drug-likeness (QED) is 0.558. The first-order chi connectivity index (χ1) is 5.13. The first kappa shape index (κ1) is 9.36. The van der Waals surface area contributed by atoms with Gasteiger partial charge in [0.15, 0.2) is 0 Å². The zero-order valence-corrected chi connectivity index (χ0v) is 9.88. The van der Waals surface area contributed by atoms with Crippen molar-refractivity contribution in [2.24, 2.45) is 0 Å². The molecule has 3 heteroatoms. The maximum atomic E-state index is 5.06. The molecular weight excluding hydrogens is 288 g/mol. The zero-order valence-electron chi connectivity index (χ0n) is 5.90. The Bertz CT molecular complexity index is 294. The monoisotopic (exact) mass is 292 g/mol. The van der Waals surface area contributed by atoms with Crippen molar-refractivity contribution in [3.8, 4) is 0 Å². The summed E-state index contributed by atoms with van der Waals surface area (Å²) in [5, 5.41) is 0. The summed E-state index contributed by atoms with van der Waals surface area (Å²) in [6.45, 7) is 1.92. The van der Waals surface area contributed by atoms with E-state index in [1.165, 1.54) is 0 Å². The van der Waals surface area contributed by atoms with Crippen molar-refractivity contribution in [3.63, 3.8) is 0 Å². The van der Waals surface area contributed by atoms with E-state index in [2.05, 4.69) is 31.9 Å². The lowest BCUT2D eigenvalue weighted by molar-refractivity contribution is 1.55. The normalized spacial score (nSPS) is 9.73. The SMILES string of the molecule is CC(=S)c1cccc(Br)c1Br. The molecule has 0 saturated carbocycles. The lowest BCUT2D eigenvalue weighted by Crippen LogP contribution is -1.91. The summed E-state index contributed by atoms with van der Waals surface area (Å²) in [5.74, 6) is 0.